The zero-order chi connectivity index (χ0) is 10.6. The Hall–Kier alpha value is -1.21. The van der Waals surface area contributed by atoms with Crippen LogP contribution < -0.4 is 9.47 Å². The molecule has 0 aromatic heterocycles. The van der Waals surface area contributed by atoms with Crippen molar-refractivity contribution in [1.82, 2.24) is 0 Å². The molecular formula is C10H10BrNO2. The van der Waals surface area contributed by atoms with Gasteiger partial charge in [0.1, 0.15) is 11.6 Å². The highest BCUT2D eigenvalue weighted by atomic mass is 79.9. The van der Waals surface area contributed by atoms with Crippen LogP contribution in [0.3, 0.4) is 0 Å². The van der Waals surface area contributed by atoms with Gasteiger partial charge in [0.25, 0.3) is 0 Å². The van der Waals surface area contributed by atoms with Crippen LogP contribution in [0.4, 0.5) is 0 Å². The van der Waals surface area contributed by atoms with Crippen LogP contribution >= 0.6 is 15.9 Å². The Morgan fingerprint density at radius 1 is 1.50 bits per heavy atom. The number of benzene rings is 1. The van der Waals surface area contributed by atoms with E-state index in [-0.39, 0.29) is 0 Å². The highest BCUT2D eigenvalue weighted by Gasteiger charge is 2.13. The first-order chi connectivity index (χ1) is 6.74. The van der Waals surface area contributed by atoms with Crippen LogP contribution in [-0.4, -0.2) is 13.7 Å². The number of nitrogens with zero attached hydrogens (tertiary/aromatic N) is 1. The molecule has 0 heterocycles. The molecule has 0 aliphatic heterocycles. The number of halogens is 1. The van der Waals surface area contributed by atoms with Crippen molar-refractivity contribution < 1.29 is 9.47 Å². The van der Waals surface area contributed by atoms with Gasteiger partial charge in [-0.15, -0.1) is 0 Å². The van der Waals surface area contributed by atoms with E-state index in [9.17, 15) is 0 Å². The van der Waals surface area contributed by atoms with Gasteiger partial charge in [0.2, 0.25) is 0 Å². The summed E-state index contributed by atoms with van der Waals surface area (Å²) in [6.45, 7) is 2.36. The fourth-order valence-corrected chi connectivity index (χ4v) is 1.49. The lowest BCUT2D eigenvalue weighted by Crippen LogP contribution is -1.98. The highest BCUT2D eigenvalue weighted by Crippen LogP contribution is 2.35. The number of hydrogen-bond acceptors (Lipinski definition) is 3. The molecule has 0 saturated carbocycles. The first-order valence-corrected chi connectivity index (χ1v) is 4.93. The first kappa shape index (κ1) is 10.9. The van der Waals surface area contributed by atoms with E-state index >= 15 is 0 Å². The smallest absolute Gasteiger partial charge is 0.180 e. The lowest BCUT2D eigenvalue weighted by molar-refractivity contribution is 0.310. The van der Waals surface area contributed by atoms with Crippen LogP contribution in [0.5, 0.6) is 11.5 Å². The van der Waals surface area contributed by atoms with Crippen LogP contribution in [-0.2, 0) is 0 Å². The van der Waals surface area contributed by atoms with Gasteiger partial charge in [-0.05, 0) is 35.0 Å². The molecule has 1 aromatic carbocycles. The summed E-state index contributed by atoms with van der Waals surface area (Å²) in [6.07, 6.45) is 0. The number of nitriles is 1. The molecular weight excluding hydrogens is 246 g/mol. The van der Waals surface area contributed by atoms with E-state index in [1.165, 1.54) is 0 Å². The van der Waals surface area contributed by atoms with E-state index < -0.39 is 0 Å². The van der Waals surface area contributed by atoms with Crippen LogP contribution in [0.1, 0.15) is 12.5 Å². The average Bonchev–Trinajstić information content (AvgIpc) is 2.19. The maximum atomic E-state index is 8.93. The molecule has 0 unspecified atom stereocenters. The molecule has 0 saturated heterocycles. The number of hydrogen-bond donors (Lipinski definition) is 0. The first-order valence-electron chi connectivity index (χ1n) is 4.14. The summed E-state index contributed by atoms with van der Waals surface area (Å²) >= 11 is 3.28. The minimum atomic E-state index is 0.464. The Bertz CT molecular complexity index is 371. The molecule has 4 heteroatoms. The maximum absolute atomic E-state index is 8.93. The van der Waals surface area contributed by atoms with Gasteiger partial charge >= 0.3 is 0 Å². The number of methoxy groups -OCH3 is 1. The van der Waals surface area contributed by atoms with E-state index in [0.717, 1.165) is 0 Å². The minimum absolute atomic E-state index is 0.464. The van der Waals surface area contributed by atoms with E-state index in [0.29, 0.717) is 28.1 Å². The molecule has 0 fully saturated rings. The molecule has 0 N–H and O–H groups in total. The molecule has 0 bridgehead atoms. The van der Waals surface area contributed by atoms with Crippen molar-refractivity contribution in [2.75, 3.05) is 13.7 Å². The molecule has 0 radical (unpaired) electrons. The summed E-state index contributed by atoms with van der Waals surface area (Å²) in [6, 6.07) is 5.60. The summed E-state index contributed by atoms with van der Waals surface area (Å²) in [5.74, 6) is 1.07. The molecule has 1 rings (SSSR count). The highest BCUT2D eigenvalue weighted by molar-refractivity contribution is 9.10. The predicted molar refractivity (Wildman–Crippen MR) is 56.6 cm³/mol. The van der Waals surface area contributed by atoms with Crippen molar-refractivity contribution in [3.05, 3.63) is 22.2 Å². The van der Waals surface area contributed by atoms with Gasteiger partial charge in [-0.1, -0.05) is 0 Å². The summed E-state index contributed by atoms with van der Waals surface area (Å²) in [4.78, 5) is 0. The van der Waals surface area contributed by atoms with Gasteiger partial charge in [-0.2, -0.15) is 5.26 Å². The predicted octanol–water partition coefficient (Wildman–Crippen LogP) is 2.73. The van der Waals surface area contributed by atoms with Crippen molar-refractivity contribution in [3.63, 3.8) is 0 Å². The third kappa shape index (κ3) is 1.99. The molecule has 3 nitrogen and oxygen atoms in total. The van der Waals surface area contributed by atoms with Crippen molar-refractivity contribution in [1.29, 1.82) is 5.26 Å². The fourth-order valence-electron chi connectivity index (χ4n) is 1.09. The van der Waals surface area contributed by atoms with Crippen molar-refractivity contribution in [2.24, 2.45) is 0 Å². The topological polar surface area (TPSA) is 42.2 Å². The quantitative estimate of drug-likeness (QED) is 0.834. The zero-order valence-corrected chi connectivity index (χ0v) is 9.59. The van der Waals surface area contributed by atoms with Crippen molar-refractivity contribution in [3.8, 4) is 17.6 Å². The third-order valence-electron chi connectivity index (χ3n) is 1.69. The van der Waals surface area contributed by atoms with Gasteiger partial charge in [-0.3, -0.25) is 0 Å². The van der Waals surface area contributed by atoms with E-state index in [1.54, 1.807) is 19.2 Å². The summed E-state index contributed by atoms with van der Waals surface area (Å²) in [5, 5.41) is 8.93. The van der Waals surface area contributed by atoms with Crippen LogP contribution in [0.2, 0.25) is 0 Å². The molecule has 74 valence electrons. The Morgan fingerprint density at radius 2 is 2.21 bits per heavy atom. The van der Waals surface area contributed by atoms with E-state index in [2.05, 4.69) is 22.0 Å². The molecule has 0 atom stereocenters. The average molecular weight is 256 g/mol. The van der Waals surface area contributed by atoms with E-state index in [1.807, 2.05) is 6.92 Å². The molecule has 14 heavy (non-hydrogen) atoms. The summed E-state index contributed by atoms with van der Waals surface area (Å²) in [7, 11) is 1.55. The summed E-state index contributed by atoms with van der Waals surface area (Å²) < 4.78 is 11.2. The second-order valence-electron chi connectivity index (χ2n) is 2.50. The molecule has 1 aromatic rings. The fraction of sp³-hybridized carbons (Fsp3) is 0.300. The van der Waals surface area contributed by atoms with E-state index in [4.69, 9.17) is 14.7 Å². The standard InChI is InChI=1S/C10H10BrNO2/c1-3-14-10-7(6-12)8(11)4-5-9(10)13-2/h4-5H,3H2,1-2H3. The van der Waals surface area contributed by atoms with Gasteiger partial charge in [0.15, 0.2) is 11.5 Å². The second-order valence-corrected chi connectivity index (χ2v) is 3.35. The van der Waals surface area contributed by atoms with Gasteiger partial charge < -0.3 is 9.47 Å². The normalized spacial score (nSPS) is 9.29. The van der Waals surface area contributed by atoms with Crippen molar-refractivity contribution in [2.45, 2.75) is 6.92 Å². The lowest BCUT2D eigenvalue weighted by atomic mass is 10.2. The maximum Gasteiger partial charge on any atom is 0.180 e. The minimum Gasteiger partial charge on any atom is -0.493 e. The Labute approximate surface area is 91.4 Å². The van der Waals surface area contributed by atoms with Gasteiger partial charge in [0, 0.05) is 4.47 Å². The largest absolute Gasteiger partial charge is 0.493 e. The monoisotopic (exact) mass is 255 g/mol. The summed E-state index contributed by atoms with van der Waals surface area (Å²) in [5.41, 5.74) is 0.464. The third-order valence-corrected chi connectivity index (χ3v) is 2.35. The molecule has 0 aliphatic carbocycles. The van der Waals surface area contributed by atoms with Crippen LogP contribution in [0.25, 0.3) is 0 Å². The molecule has 0 aliphatic rings. The van der Waals surface area contributed by atoms with Crippen LogP contribution in [0, 0.1) is 11.3 Å². The van der Waals surface area contributed by atoms with Crippen molar-refractivity contribution >= 4 is 15.9 Å². The molecule has 0 spiro atoms. The Kier molecular flexibility index (Phi) is 3.78. The second kappa shape index (κ2) is 4.87. The lowest BCUT2D eigenvalue weighted by Gasteiger charge is -2.11. The Balaban J connectivity index is 3.30. The van der Waals surface area contributed by atoms with Gasteiger partial charge in [-0.25, -0.2) is 0 Å². The van der Waals surface area contributed by atoms with Crippen LogP contribution in [0.15, 0.2) is 16.6 Å². The number of rotatable bonds is 3. The zero-order valence-electron chi connectivity index (χ0n) is 8.00. The Morgan fingerprint density at radius 3 is 2.71 bits per heavy atom. The molecule has 0 amide bonds. The SMILES string of the molecule is CCOc1c(OC)ccc(Br)c1C#N. The van der Waals surface area contributed by atoms with Gasteiger partial charge in [0.05, 0.1) is 13.7 Å². The number of ether oxygens (including phenoxy) is 2.